The lowest BCUT2D eigenvalue weighted by molar-refractivity contribution is -0.143. The summed E-state index contributed by atoms with van der Waals surface area (Å²) in [5, 5.41) is 3.62. The molecule has 32 heavy (non-hydrogen) atoms. The molecular formula is C23H34N4O4S. The number of piperidine rings is 1. The summed E-state index contributed by atoms with van der Waals surface area (Å²) in [6.07, 6.45) is 6.82. The molecule has 2 aliphatic heterocycles. The maximum atomic E-state index is 13.0. The third-order valence-corrected chi connectivity index (χ3v) is 7.23. The highest BCUT2D eigenvalue weighted by Gasteiger charge is 2.43. The molecule has 2 saturated heterocycles. The van der Waals surface area contributed by atoms with E-state index in [0.717, 1.165) is 24.3 Å². The standard InChI is InChI=1S/C23H34N4O4S/c1-16(2)14-18(21(29)31-3)25-22(30)27-13-9-23(15-27)7-11-26(12-8-23)20(28)17-6-5-10-24-19(17)32-4/h5-6,10,16,18H,7-9,11-15H2,1-4H3,(H,25,30)/t18-/m0/s1. The molecule has 2 fully saturated rings. The Hall–Kier alpha value is -2.29. The van der Waals surface area contributed by atoms with E-state index in [1.54, 1.807) is 17.2 Å². The SMILES string of the molecule is COC(=O)[C@H](CC(C)C)NC(=O)N1CCC2(CCN(C(=O)c3cccnc3SC)CC2)C1. The van der Waals surface area contributed by atoms with Gasteiger partial charge in [0.05, 0.1) is 12.7 Å². The first-order chi connectivity index (χ1) is 15.3. The first kappa shape index (κ1) is 24.4. The van der Waals surface area contributed by atoms with Gasteiger partial charge in [0.15, 0.2) is 0 Å². The predicted molar refractivity (Wildman–Crippen MR) is 124 cm³/mol. The molecule has 0 saturated carbocycles. The van der Waals surface area contributed by atoms with Crippen molar-refractivity contribution in [3.05, 3.63) is 23.9 Å². The molecule has 0 bridgehead atoms. The van der Waals surface area contributed by atoms with Gasteiger partial charge in [0.25, 0.3) is 5.91 Å². The molecule has 2 aliphatic rings. The molecule has 3 rings (SSSR count). The highest BCUT2D eigenvalue weighted by atomic mass is 32.2. The molecule has 0 aromatic carbocycles. The molecule has 8 nitrogen and oxygen atoms in total. The lowest BCUT2D eigenvalue weighted by atomic mass is 9.77. The van der Waals surface area contributed by atoms with Crippen molar-refractivity contribution in [3.63, 3.8) is 0 Å². The summed E-state index contributed by atoms with van der Waals surface area (Å²) in [7, 11) is 1.34. The van der Waals surface area contributed by atoms with E-state index in [-0.39, 0.29) is 23.3 Å². The summed E-state index contributed by atoms with van der Waals surface area (Å²) >= 11 is 1.48. The van der Waals surface area contributed by atoms with Crippen molar-refractivity contribution >= 4 is 29.7 Å². The molecule has 1 spiro atoms. The third-order valence-electron chi connectivity index (χ3n) is 6.52. The van der Waals surface area contributed by atoms with Crippen molar-refractivity contribution < 1.29 is 19.1 Å². The number of methoxy groups -OCH3 is 1. The van der Waals surface area contributed by atoms with E-state index < -0.39 is 12.0 Å². The van der Waals surface area contributed by atoms with Gasteiger partial charge in [0.1, 0.15) is 11.1 Å². The Balaban J connectivity index is 1.57. The van der Waals surface area contributed by atoms with Gasteiger partial charge in [-0.1, -0.05) is 13.8 Å². The molecule has 3 amide bonds. The van der Waals surface area contributed by atoms with Gasteiger partial charge in [0.2, 0.25) is 0 Å². The van der Waals surface area contributed by atoms with Crippen LogP contribution in [0.2, 0.25) is 0 Å². The normalized spacial score (nSPS) is 18.7. The minimum Gasteiger partial charge on any atom is -0.467 e. The van der Waals surface area contributed by atoms with E-state index >= 15 is 0 Å². The van der Waals surface area contributed by atoms with E-state index in [1.165, 1.54) is 18.9 Å². The maximum Gasteiger partial charge on any atom is 0.328 e. The van der Waals surface area contributed by atoms with Crippen LogP contribution in [0.4, 0.5) is 4.79 Å². The number of likely N-dealkylation sites (tertiary alicyclic amines) is 2. The number of hydrogen-bond donors (Lipinski definition) is 1. The molecular weight excluding hydrogens is 428 g/mol. The lowest BCUT2D eigenvalue weighted by Crippen LogP contribution is -2.49. The highest BCUT2D eigenvalue weighted by Crippen LogP contribution is 2.40. The Bertz CT molecular complexity index is 839. The molecule has 0 unspecified atom stereocenters. The monoisotopic (exact) mass is 462 g/mol. The van der Waals surface area contributed by atoms with Crippen LogP contribution >= 0.6 is 11.8 Å². The van der Waals surface area contributed by atoms with Gasteiger partial charge < -0.3 is 19.9 Å². The van der Waals surface area contributed by atoms with Crippen molar-refractivity contribution in [1.29, 1.82) is 0 Å². The first-order valence-corrected chi connectivity index (χ1v) is 12.4. The summed E-state index contributed by atoms with van der Waals surface area (Å²) in [6.45, 7) is 6.68. The zero-order valence-corrected chi connectivity index (χ0v) is 20.2. The number of carbonyl (C=O) groups is 3. The smallest absolute Gasteiger partial charge is 0.328 e. The average molecular weight is 463 g/mol. The second-order valence-electron chi connectivity index (χ2n) is 9.18. The second-order valence-corrected chi connectivity index (χ2v) is 9.97. The second kappa shape index (κ2) is 10.6. The van der Waals surface area contributed by atoms with Crippen LogP contribution in [0.5, 0.6) is 0 Å². The molecule has 176 valence electrons. The van der Waals surface area contributed by atoms with E-state index in [0.29, 0.717) is 38.2 Å². The number of esters is 1. The maximum absolute atomic E-state index is 13.0. The molecule has 1 aromatic rings. The van der Waals surface area contributed by atoms with Gasteiger partial charge in [-0.15, -0.1) is 11.8 Å². The minimum atomic E-state index is -0.631. The van der Waals surface area contributed by atoms with Crippen LogP contribution in [0, 0.1) is 11.3 Å². The van der Waals surface area contributed by atoms with Crippen LogP contribution in [-0.4, -0.2) is 78.3 Å². The van der Waals surface area contributed by atoms with Crippen LogP contribution in [0.3, 0.4) is 0 Å². The quantitative estimate of drug-likeness (QED) is 0.516. The number of urea groups is 1. The van der Waals surface area contributed by atoms with E-state index in [4.69, 9.17) is 4.74 Å². The molecule has 0 radical (unpaired) electrons. The predicted octanol–water partition coefficient (Wildman–Crippen LogP) is 3.03. The number of pyridine rings is 1. The Morgan fingerprint density at radius 3 is 2.44 bits per heavy atom. The third kappa shape index (κ3) is 5.54. The number of carbonyl (C=O) groups excluding carboxylic acids is 3. The van der Waals surface area contributed by atoms with Gasteiger partial charge in [-0.3, -0.25) is 4.79 Å². The van der Waals surface area contributed by atoms with Crippen molar-refractivity contribution in [2.45, 2.75) is 50.6 Å². The first-order valence-electron chi connectivity index (χ1n) is 11.2. The number of aromatic nitrogens is 1. The molecule has 3 heterocycles. The molecule has 1 aromatic heterocycles. The van der Waals surface area contributed by atoms with Gasteiger partial charge in [0, 0.05) is 32.4 Å². The topological polar surface area (TPSA) is 91.8 Å². The number of nitrogens with zero attached hydrogens (tertiary/aromatic N) is 3. The number of thioether (sulfide) groups is 1. The average Bonchev–Trinajstić information content (AvgIpc) is 3.21. The lowest BCUT2D eigenvalue weighted by Gasteiger charge is -2.39. The Morgan fingerprint density at radius 2 is 1.84 bits per heavy atom. The molecule has 1 atom stereocenters. The molecule has 0 aliphatic carbocycles. The zero-order valence-electron chi connectivity index (χ0n) is 19.4. The number of hydrogen-bond acceptors (Lipinski definition) is 6. The number of amides is 3. The number of ether oxygens (including phenoxy) is 1. The van der Waals surface area contributed by atoms with Crippen LogP contribution in [0.1, 0.15) is 49.9 Å². The number of rotatable bonds is 6. The van der Waals surface area contributed by atoms with E-state index in [9.17, 15) is 14.4 Å². The number of nitrogens with one attached hydrogen (secondary N) is 1. The highest BCUT2D eigenvalue weighted by molar-refractivity contribution is 7.98. The van der Waals surface area contributed by atoms with Crippen molar-refractivity contribution in [2.75, 3.05) is 39.5 Å². The van der Waals surface area contributed by atoms with Crippen molar-refractivity contribution in [2.24, 2.45) is 11.3 Å². The fraction of sp³-hybridized carbons (Fsp3) is 0.652. The Kier molecular flexibility index (Phi) is 8.03. The largest absolute Gasteiger partial charge is 0.467 e. The summed E-state index contributed by atoms with van der Waals surface area (Å²) in [5.74, 6) is -0.120. The Morgan fingerprint density at radius 1 is 1.19 bits per heavy atom. The van der Waals surface area contributed by atoms with Crippen LogP contribution in [-0.2, 0) is 9.53 Å². The minimum absolute atomic E-state index is 0.0273. The summed E-state index contributed by atoms with van der Waals surface area (Å²) in [6, 6.07) is 2.79. The van der Waals surface area contributed by atoms with E-state index in [2.05, 4.69) is 10.3 Å². The summed E-state index contributed by atoms with van der Waals surface area (Å²) in [5.41, 5.74) is 0.687. The van der Waals surface area contributed by atoms with Crippen LogP contribution in [0.25, 0.3) is 0 Å². The Labute approximate surface area is 194 Å². The zero-order chi connectivity index (χ0) is 23.3. The molecule has 1 N–H and O–H groups in total. The van der Waals surface area contributed by atoms with Gasteiger partial charge in [-0.25, -0.2) is 14.6 Å². The summed E-state index contributed by atoms with van der Waals surface area (Å²) < 4.78 is 4.86. The van der Waals surface area contributed by atoms with Crippen molar-refractivity contribution in [1.82, 2.24) is 20.1 Å². The van der Waals surface area contributed by atoms with Gasteiger partial charge in [-0.05, 0) is 55.4 Å². The van der Waals surface area contributed by atoms with Crippen LogP contribution in [0.15, 0.2) is 23.4 Å². The fourth-order valence-corrected chi connectivity index (χ4v) is 5.20. The molecule has 9 heteroatoms. The van der Waals surface area contributed by atoms with Crippen LogP contribution < -0.4 is 5.32 Å². The van der Waals surface area contributed by atoms with E-state index in [1.807, 2.05) is 31.1 Å². The summed E-state index contributed by atoms with van der Waals surface area (Å²) in [4.78, 5) is 45.9. The van der Waals surface area contributed by atoms with Gasteiger partial charge in [-0.2, -0.15) is 0 Å². The van der Waals surface area contributed by atoms with Gasteiger partial charge >= 0.3 is 12.0 Å². The fourth-order valence-electron chi connectivity index (χ4n) is 4.66. The van der Waals surface area contributed by atoms with Crippen molar-refractivity contribution in [3.8, 4) is 0 Å².